The summed E-state index contributed by atoms with van der Waals surface area (Å²) in [5.74, 6) is -0.218. The molecule has 0 aliphatic carbocycles. The van der Waals surface area contributed by atoms with Gasteiger partial charge in [0, 0.05) is 13.1 Å². The molecule has 2 aliphatic heterocycles. The molecule has 2 aliphatic rings. The van der Waals surface area contributed by atoms with Gasteiger partial charge in [-0.2, -0.15) is 0 Å². The van der Waals surface area contributed by atoms with Crippen LogP contribution in [0.3, 0.4) is 0 Å². The normalized spacial score (nSPS) is 27.9. The third-order valence-corrected chi connectivity index (χ3v) is 5.80. The highest BCUT2D eigenvalue weighted by atomic mass is 32.2. The number of amides is 1. The zero-order chi connectivity index (χ0) is 13.7. The average molecular weight is 288 g/mol. The largest absolute Gasteiger partial charge is 0.355 e. The summed E-state index contributed by atoms with van der Waals surface area (Å²) in [5, 5.41) is 2.89. The zero-order valence-corrected chi connectivity index (χ0v) is 12.3. The van der Waals surface area contributed by atoms with Crippen LogP contribution in [0.15, 0.2) is 0 Å². The predicted molar refractivity (Wildman–Crippen MR) is 74.7 cm³/mol. The number of rotatable bonds is 4. The summed E-state index contributed by atoms with van der Waals surface area (Å²) in [6.45, 7) is 3.75. The second kappa shape index (κ2) is 6.70. The number of hydrogen-bond acceptors (Lipinski definition) is 4. The van der Waals surface area contributed by atoms with Crippen LogP contribution >= 0.6 is 0 Å². The molecule has 110 valence electrons. The first kappa shape index (κ1) is 14.8. The van der Waals surface area contributed by atoms with E-state index in [1.807, 2.05) is 0 Å². The molecule has 0 saturated carbocycles. The lowest BCUT2D eigenvalue weighted by Gasteiger charge is -2.20. The summed E-state index contributed by atoms with van der Waals surface area (Å²) in [7, 11) is -2.96. The van der Waals surface area contributed by atoms with Gasteiger partial charge in [-0.25, -0.2) is 8.42 Å². The monoisotopic (exact) mass is 288 g/mol. The van der Waals surface area contributed by atoms with Gasteiger partial charge in [0.15, 0.2) is 9.84 Å². The van der Waals surface area contributed by atoms with E-state index in [4.69, 9.17) is 0 Å². The molecule has 2 heterocycles. The maximum Gasteiger partial charge on any atom is 0.224 e. The molecule has 0 aromatic heterocycles. The Labute approximate surface area is 115 Å². The van der Waals surface area contributed by atoms with Gasteiger partial charge in [0.2, 0.25) is 5.91 Å². The summed E-state index contributed by atoms with van der Waals surface area (Å²) in [6, 6.07) is 0. The van der Waals surface area contributed by atoms with E-state index in [1.54, 1.807) is 0 Å². The Morgan fingerprint density at radius 1 is 1.16 bits per heavy atom. The van der Waals surface area contributed by atoms with E-state index in [2.05, 4.69) is 10.2 Å². The molecular weight excluding hydrogens is 264 g/mol. The number of nitrogens with one attached hydrogen (secondary N) is 1. The van der Waals surface area contributed by atoms with Gasteiger partial charge >= 0.3 is 0 Å². The van der Waals surface area contributed by atoms with Crippen molar-refractivity contribution in [3.63, 3.8) is 0 Å². The Bertz CT molecular complexity index is 400. The van der Waals surface area contributed by atoms with Crippen molar-refractivity contribution in [3.05, 3.63) is 0 Å². The highest BCUT2D eigenvalue weighted by molar-refractivity contribution is 7.91. The SMILES string of the molecule is O=C(NCCN1CCCCCC1)[C@H]1CCS(=O)(=O)C1. The van der Waals surface area contributed by atoms with Gasteiger partial charge in [-0.3, -0.25) is 4.79 Å². The van der Waals surface area contributed by atoms with Crippen molar-refractivity contribution < 1.29 is 13.2 Å². The molecular formula is C13H24N2O3S. The average Bonchev–Trinajstić information content (AvgIpc) is 2.59. The fourth-order valence-electron chi connectivity index (χ4n) is 2.84. The quantitative estimate of drug-likeness (QED) is 0.814. The maximum absolute atomic E-state index is 11.8. The lowest BCUT2D eigenvalue weighted by Crippen LogP contribution is -2.38. The minimum atomic E-state index is -2.96. The lowest BCUT2D eigenvalue weighted by atomic mass is 10.1. The van der Waals surface area contributed by atoms with E-state index >= 15 is 0 Å². The van der Waals surface area contributed by atoms with Crippen LogP contribution in [0, 0.1) is 5.92 Å². The van der Waals surface area contributed by atoms with Crippen molar-refractivity contribution in [2.24, 2.45) is 5.92 Å². The van der Waals surface area contributed by atoms with Crippen molar-refractivity contribution in [2.75, 3.05) is 37.7 Å². The highest BCUT2D eigenvalue weighted by Gasteiger charge is 2.32. The summed E-state index contributed by atoms with van der Waals surface area (Å²) >= 11 is 0. The van der Waals surface area contributed by atoms with Crippen LogP contribution in [0.4, 0.5) is 0 Å². The fraction of sp³-hybridized carbons (Fsp3) is 0.923. The van der Waals surface area contributed by atoms with Crippen LogP contribution < -0.4 is 5.32 Å². The molecule has 1 atom stereocenters. The van der Waals surface area contributed by atoms with Crippen molar-refractivity contribution in [3.8, 4) is 0 Å². The van der Waals surface area contributed by atoms with Crippen LogP contribution in [0.25, 0.3) is 0 Å². The summed E-state index contributed by atoms with van der Waals surface area (Å²) in [5.41, 5.74) is 0. The van der Waals surface area contributed by atoms with E-state index < -0.39 is 9.84 Å². The lowest BCUT2D eigenvalue weighted by molar-refractivity contribution is -0.124. The van der Waals surface area contributed by atoms with E-state index in [0.29, 0.717) is 13.0 Å². The molecule has 19 heavy (non-hydrogen) atoms. The number of sulfone groups is 1. The molecule has 5 nitrogen and oxygen atoms in total. The van der Waals surface area contributed by atoms with Gasteiger partial charge in [0.25, 0.3) is 0 Å². The number of hydrogen-bond donors (Lipinski definition) is 1. The van der Waals surface area contributed by atoms with Crippen molar-refractivity contribution in [2.45, 2.75) is 32.1 Å². The topological polar surface area (TPSA) is 66.5 Å². The smallest absolute Gasteiger partial charge is 0.224 e. The third kappa shape index (κ3) is 4.76. The molecule has 0 aromatic rings. The van der Waals surface area contributed by atoms with E-state index in [9.17, 15) is 13.2 Å². The Balaban J connectivity index is 1.66. The zero-order valence-electron chi connectivity index (χ0n) is 11.4. The molecule has 2 rings (SSSR count). The number of carbonyl (C=O) groups excluding carboxylic acids is 1. The van der Waals surface area contributed by atoms with Gasteiger partial charge in [-0.05, 0) is 32.4 Å². The first-order valence-electron chi connectivity index (χ1n) is 7.27. The van der Waals surface area contributed by atoms with Gasteiger partial charge in [-0.1, -0.05) is 12.8 Å². The molecule has 2 fully saturated rings. The predicted octanol–water partition coefficient (Wildman–Crippen LogP) is 0.413. The molecule has 0 aromatic carbocycles. The molecule has 0 unspecified atom stereocenters. The van der Waals surface area contributed by atoms with Crippen molar-refractivity contribution >= 4 is 15.7 Å². The van der Waals surface area contributed by atoms with E-state index in [0.717, 1.165) is 19.6 Å². The van der Waals surface area contributed by atoms with E-state index in [-0.39, 0.29) is 23.3 Å². The van der Waals surface area contributed by atoms with Crippen LogP contribution in [0.5, 0.6) is 0 Å². The molecule has 0 radical (unpaired) electrons. The highest BCUT2D eigenvalue weighted by Crippen LogP contribution is 2.18. The number of nitrogens with zero attached hydrogens (tertiary/aromatic N) is 1. The van der Waals surface area contributed by atoms with Crippen LogP contribution in [-0.4, -0.2) is 56.9 Å². The van der Waals surface area contributed by atoms with Gasteiger partial charge < -0.3 is 10.2 Å². The minimum absolute atomic E-state index is 0.0303. The fourth-order valence-corrected chi connectivity index (χ4v) is 4.58. The Kier molecular flexibility index (Phi) is 5.21. The van der Waals surface area contributed by atoms with Gasteiger partial charge in [-0.15, -0.1) is 0 Å². The molecule has 1 N–H and O–H groups in total. The maximum atomic E-state index is 11.8. The second-order valence-corrected chi connectivity index (χ2v) is 7.88. The van der Waals surface area contributed by atoms with E-state index in [1.165, 1.54) is 25.7 Å². The molecule has 1 amide bonds. The summed E-state index contributed by atoms with van der Waals surface area (Å²) in [6.07, 6.45) is 5.59. The Morgan fingerprint density at radius 2 is 1.84 bits per heavy atom. The number of carbonyl (C=O) groups is 1. The third-order valence-electron chi connectivity index (χ3n) is 4.03. The molecule has 0 spiro atoms. The van der Waals surface area contributed by atoms with Crippen molar-refractivity contribution in [1.29, 1.82) is 0 Å². The van der Waals surface area contributed by atoms with Crippen LogP contribution in [0.1, 0.15) is 32.1 Å². The second-order valence-electron chi connectivity index (χ2n) is 5.65. The summed E-state index contributed by atoms with van der Waals surface area (Å²) in [4.78, 5) is 14.2. The van der Waals surface area contributed by atoms with Gasteiger partial charge in [0.05, 0.1) is 17.4 Å². The van der Waals surface area contributed by atoms with Crippen LogP contribution in [-0.2, 0) is 14.6 Å². The standard InChI is InChI=1S/C13H24N2O3S/c16-13(12-5-10-19(17,18)11-12)14-6-9-15-7-3-1-2-4-8-15/h12H,1-11H2,(H,14,16)/t12-/m0/s1. The summed E-state index contributed by atoms with van der Waals surface area (Å²) < 4.78 is 22.6. The first-order valence-corrected chi connectivity index (χ1v) is 9.09. The minimum Gasteiger partial charge on any atom is -0.355 e. The molecule has 6 heteroatoms. The van der Waals surface area contributed by atoms with Crippen LogP contribution in [0.2, 0.25) is 0 Å². The van der Waals surface area contributed by atoms with Crippen molar-refractivity contribution in [1.82, 2.24) is 10.2 Å². The Morgan fingerprint density at radius 3 is 2.42 bits per heavy atom. The molecule has 0 bridgehead atoms. The Hall–Kier alpha value is -0.620. The first-order chi connectivity index (χ1) is 9.07. The molecule has 2 saturated heterocycles. The van der Waals surface area contributed by atoms with Gasteiger partial charge in [0.1, 0.15) is 0 Å². The number of likely N-dealkylation sites (tertiary alicyclic amines) is 1.